The van der Waals surface area contributed by atoms with Gasteiger partial charge in [0.2, 0.25) is 0 Å². The van der Waals surface area contributed by atoms with Gasteiger partial charge in [-0.15, -0.1) is 0 Å². The molecule has 0 saturated heterocycles. The van der Waals surface area contributed by atoms with Crippen LogP contribution in [0, 0.1) is 17.1 Å². The lowest BCUT2D eigenvalue weighted by molar-refractivity contribution is 0.0455. The Morgan fingerprint density at radius 2 is 2.06 bits per heavy atom. The molecule has 0 atom stereocenters. The van der Waals surface area contributed by atoms with Crippen LogP contribution in [0.5, 0.6) is 0 Å². The van der Waals surface area contributed by atoms with Gasteiger partial charge in [-0.25, -0.2) is 4.39 Å². The molecule has 2 rings (SSSR count). The average molecular weight is 219 g/mol. The van der Waals surface area contributed by atoms with Crippen LogP contribution in [-0.2, 0) is 11.3 Å². The summed E-state index contributed by atoms with van der Waals surface area (Å²) >= 11 is 0. The van der Waals surface area contributed by atoms with Gasteiger partial charge in [0.25, 0.3) is 0 Å². The number of benzene rings is 1. The van der Waals surface area contributed by atoms with Gasteiger partial charge in [-0.1, -0.05) is 12.8 Å². The summed E-state index contributed by atoms with van der Waals surface area (Å²) in [5.74, 6) is -0.371. The SMILES string of the molecule is N#Cc1cc(F)cc(COC2CCCC2)c1. The maximum atomic E-state index is 13.1. The second-order valence-corrected chi connectivity index (χ2v) is 4.18. The molecular weight excluding hydrogens is 205 g/mol. The fraction of sp³-hybridized carbons (Fsp3) is 0.462. The Balaban J connectivity index is 1.98. The molecular formula is C13H14FNO. The van der Waals surface area contributed by atoms with Crippen molar-refractivity contribution in [3.63, 3.8) is 0 Å². The van der Waals surface area contributed by atoms with Crippen molar-refractivity contribution in [2.24, 2.45) is 0 Å². The molecule has 0 amide bonds. The molecule has 0 spiro atoms. The van der Waals surface area contributed by atoms with E-state index in [1.165, 1.54) is 25.0 Å². The van der Waals surface area contributed by atoms with Crippen molar-refractivity contribution in [2.75, 3.05) is 0 Å². The molecule has 1 fully saturated rings. The smallest absolute Gasteiger partial charge is 0.124 e. The second-order valence-electron chi connectivity index (χ2n) is 4.18. The van der Waals surface area contributed by atoms with Crippen LogP contribution in [0.4, 0.5) is 4.39 Å². The zero-order chi connectivity index (χ0) is 11.4. The van der Waals surface area contributed by atoms with E-state index in [0.29, 0.717) is 18.3 Å². The Morgan fingerprint density at radius 1 is 1.31 bits per heavy atom. The third kappa shape index (κ3) is 2.80. The van der Waals surface area contributed by atoms with E-state index in [4.69, 9.17) is 10.00 Å². The molecule has 0 radical (unpaired) electrons. The van der Waals surface area contributed by atoms with Crippen molar-refractivity contribution < 1.29 is 9.13 Å². The minimum atomic E-state index is -0.371. The van der Waals surface area contributed by atoms with Gasteiger partial charge in [0.15, 0.2) is 0 Å². The highest BCUT2D eigenvalue weighted by molar-refractivity contribution is 5.33. The Labute approximate surface area is 94.7 Å². The molecule has 16 heavy (non-hydrogen) atoms. The zero-order valence-electron chi connectivity index (χ0n) is 9.08. The first-order valence-electron chi connectivity index (χ1n) is 5.59. The van der Waals surface area contributed by atoms with Gasteiger partial charge in [-0.3, -0.25) is 0 Å². The number of halogens is 1. The summed E-state index contributed by atoms with van der Waals surface area (Å²) in [6.07, 6.45) is 4.95. The zero-order valence-corrected chi connectivity index (χ0v) is 9.08. The van der Waals surface area contributed by atoms with Gasteiger partial charge in [-0.2, -0.15) is 5.26 Å². The minimum absolute atomic E-state index is 0.314. The third-order valence-electron chi connectivity index (χ3n) is 2.87. The summed E-state index contributed by atoms with van der Waals surface area (Å²) in [5.41, 5.74) is 1.09. The maximum Gasteiger partial charge on any atom is 0.124 e. The highest BCUT2D eigenvalue weighted by Gasteiger charge is 2.15. The van der Waals surface area contributed by atoms with E-state index >= 15 is 0 Å². The third-order valence-corrected chi connectivity index (χ3v) is 2.87. The Bertz CT molecular complexity index is 405. The Morgan fingerprint density at radius 3 is 2.75 bits per heavy atom. The van der Waals surface area contributed by atoms with Crippen LogP contribution in [0.25, 0.3) is 0 Å². The fourth-order valence-electron chi connectivity index (χ4n) is 2.07. The van der Waals surface area contributed by atoms with Gasteiger partial charge >= 0.3 is 0 Å². The molecule has 1 aromatic rings. The number of hydrogen-bond acceptors (Lipinski definition) is 2. The molecule has 0 aromatic heterocycles. The summed E-state index contributed by atoms with van der Waals surface area (Å²) in [7, 11) is 0. The first kappa shape index (κ1) is 11.1. The van der Waals surface area contributed by atoms with Crippen LogP contribution < -0.4 is 0 Å². The summed E-state index contributed by atoms with van der Waals surface area (Å²) in [4.78, 5) is 0. The highest BCUT2D eigenvalue weighted by atomic mass is 19.1. The Hall–Kier alpha value is -1.40. The number of nitriles is 1. The van der Waals surface area contributed by atoms with Crippen LogP contribution in [0.2, 0.25) is 0 Å². The van der Waals surface area contributed by atoms with E-state index in [2.05, 4.69) is 0 Å². The van der Waals surface area contributed by atoms with Crippen LogP contribution in [-0.4, -0.2) is 6.10 Å². The number of nitrogens with zero attached hydrogens (tertiary/aromatic N) is 1. The molecule has 84 valence electrons. The summed E-state index contributed by atoms with van der Waals surface area (Å²) in [6.45, 7) is 0.400. The van der Waals surface area contributed by atoms with E-state index in [1.807, 2.05) is 6.07 Å². The molecule has 0 unspecified atom stereocenters. The lowest BCUT2D eigenvalue weighted by atomic mass is 10.1. The number of hydrogen-bond donors (Lipinski definition) is 0. The summed E-state index contributed by atoms with van der Waals surface area (Å²) in [5, 5.41) is 8.71. The lowest BCUT2D eigenvalue weighted by Crippen LogP contribution is -2.07. The van der Waals surface area contributed by atoms with Gasteiger partial charge < -0.3 is 4.74 Å². The van der Waals surface area contributed by atoms with E-state index in [1.54, 1.807) is 6.07 Å². The predicted octanol–water partition coefficient (Wildman–Crippen LogP) is 3.16. The Kier molecular flexibility index (Phi) is 3.53. The second kappa shape index (κ2) is 5.09. The molecule has 1 saturated carbocycles. The molecule has 0 bridgehead atoms. The van der Waals surface area contributed by atoms with Gasteiger partial charge in [0.1, 0.15) is 5.82 Å². The summed E-state index contributed by atoms with van der Waals surface area (Å²) < 4.78 is 18.8. The van der Waals surface area contributed by atoms with E-state index in [-0.39, 0.29) is 5.82 Å². The molecule has 0 N–H and O–H groups in total. The van der Waals surface area contributed by atoms with Crippen LogP contribution in [0.1, 0.15) is 36.8 Å². The van der Waals surface area contributed by atoms with E-state index < -0.39 is 0 Å². The van der Waals surface area contributed by atoms with Crippen LogP contribution >= 0.6 is 0 Å². The monoisotopic (exact) mass is 219 g/mol. The normalized spacial score (nSPS) is 16.2. The first-order valence-corrected chi connectivity index (χ1v) is 5.59. The van der Waals surface area contributed by atoms with Gasteiger partial charge in [0.05, 0.1) is 24.3 Å². The standard InChI is InChI=1S/C13H14FNO/c14-12-6-10(8-15)5-11(7-12)9-16-13-3-1-2-4-13/h5-7,13H,1-4,9H2. The minimum Gasteiger partial charge on any atom is -0.374 e. The molecule has 0 heterocycles. The molecule has 1 aliphatic rings. The molecule has 0 aliphatic heterocycles. The van der Waals surface area contributed by atoms with Crippen molar-refractivity contribution in [3.05, 3.63) is 35.1 Å². The van der Waals surface area contributed by atoms with Gasteiger partial charge in [-0.05, 0) is 36.6 Å². The lowest BCUT2D eigenvalue weighted by Gasteiger charge is -2.11. The van der Waals surface area contributed by atoms with Crippen molar-refractivity contribution in [3.8, 4) is 6.07 Å². The van der Waals surface area contributed by atoms with E-state index in [0.717, 1.165) is 18.4 Å². The van der Waals surface area contributed by atoms with Gasteiger partial charge in [0, 0.05) is 0 Å². The maximum absolute atomic E-state index is 13.1. The fourth-order valence-corrected chi connectivity index (χ4v) is 2.07. The predicted molar refractivity (Wildman–Crippen MR) is 58.2 cm³/mol. The van der Waals surface area contributed by atoms with Crippen molar-refractivity contribution in [1.82, 2.24) is 0 Å². The first-order chi connectivity index (χ1) is 7.78. The van der Waals surface area contributed by atoms with Crippen LogP contribution in [0.15, 0.2) is 18.2 Å². The quantitative estimate of drug-likeness (QED) is 0.782. The van der Waals surface area contributed by atoms with Crippen molar-refractivity contribution in [2.45, 2.75) is 38.4 Å². The largest absolute Gasteiger partial charge is 0.374 e. The average Bonchev–Trinajstić information content (AvgIpc) is 2.78. The topological polar surface area (TPSA) is 33.0 Å². The highest BCUT2D eigenvalue weighted by Crippen LogP contribution is 2.22. The van der Waals surface area contributed by atoms with E-state index in [9.17, 15) is 4.39 Å². The molecule has 1 aromatic carbocycles. The molecule has 3 heteroatoms. The molecule has 2 nitrogen and oxygen atoms in total. The number of ether oxygens (including phenoxy) is 1. The molecule has 1 aliphatic carbocycles. The number of rotatable bonds is 3. The summed E-state index contributed by atoms with van der Waals surface area (Å²) in [6, 6.07) is 6.28. The van der Waals surface area contributed by atoms with Crippen molar-refractivity contribution >= 4 is 0 Å². The van der Waals surface area contributed by atoms with Crippen molar-refractivity contribution in [1.29, 1.82) is 5.26 Å². The van der Waals surface area contributed by atoms with Crippen LogP contribution in [0.3, 0.4) is 0 Å².